The largest absolute Gasteiger partial charge is 0.352 e. The van der Waals surface area contributed by atoms with Crippen LogP contribution in [0, 0.1) is 5.92 Å². The molecule has 2 N–H and O–H groups in total. The second-order valence-electron chi connectivity index (χ2n) is 6.19. The smallest absolute Gasteiger partial charge is 0.251 e. The third-order valence-corrected chi connectivity index (χ3v) is 4.52. The lowest BCUT2D eigenvalue weighted by Crippen LogP contribution is -2.52. The van der Waals surface area contributed by atoms with Crippen LogP contribution in [0.3, 0.4) is 0 Å². The lowest BCUT2D eigenvalue weighted by molar-refractivity contribution is -0.124. The van der Waals surface area contributed by atoms with E-state index >= 15 is 0 Å². The van der Waals surface area contributed by atoms with Gasteiger partial charge in [0.2, 0.25) is 5.91 Å². The molecule has 2 atom stereocenters. The van der Waals surface area contributed by atoms with Gasteiger partial charge < -0.3 is 10.6 Å². The van der Waals surface area contributed by atoms with Gasteiger partial charge in [-0.2, -0.15) is 0 Å². The number of amides is 2. The van der Waals surface area contributed by atoms with Crippen LogP contribution in [0.1, 0.15) is 56.3 Å². The Morgan fingerprint density at radius 2 is 1.82 bits per heavy atom. The average molecular weight is 302 g/mol. The zero-order chi connectivity index (χ0) is 15.9. The van der Waals surface area contributed by atoms with Crippen molar-refractivity contribution in [3.8, 4) is 0 Å². The first-order chi connectivity index (χ1) is 10.6. The van der Waals surface area contributed by atoms with E-state index in [-0.39, 0.29) is 23.8 Å². The summed E-state index contributed by atoms with van der Waals surface area (Å²) in [5.74, 6) is -0.132. The lowest BCUT2D eigenvalue weighted by atomic mass is 9.97. The number of hydrogen-bond donors (Lipinski definition) is 2. The number of benzene rings is 1. The molecule has 1 fully saturated rings. The summed E-state index contributed by atoms with van der Waals surface area (Å²) in [6.45, 7) is 4.04. The van der Waals surface area contributed by atoms with Crippen LogP contribution in [-0.2, 0) is 4.79 Å². The first kappa shape index (κ1) is 16.5. The zero-order valence-electron chi connectivity index (χ0n) is 13.5. The maximum absolute atomic E-state index is 12.5. The van der Waals surface area contributed by atoms with Gasteiger partial charge in [-0.1, -0.05) is 51.3 Å². The maximum atomic E-state index is 12.5. The van der Waals surface area contributed by atoms with Crippen molar-refractivity contribution in [2.45, 2.75) is 58.0 Å². The predicted octanol–water partition coefficient (Wildman–Crippen LogP) is 2.89. The Hall–Kier alpha value is -1.84. The topological polar surface area (TPSA) is 58.2 Å². The van der Waals surface area contributed by atoms with Gasteiger partial charge in [-0.05, 0) is 30.9 Å². The molecule has 22 heavy (non-hydrogen) atoms. The fourth-order valence-electron chi connectivity index (χ4n) is 2.88. The summed E-state index contributed by atoms with van der Waals surface area (Å²) in [7, 11) is 0. The Morgan fingerprint density at radius 1 is 1.18 bits per heavy atom. The van der Waals surface area contributed by atoms with Gasteiger partial charge in [0, 0.05) is 11.6 Å². The summed E-state index contributed by atoms with van der Waals surface area (Å²) in [5.41, 5.74) is 0.587. The van der Waals surface area contributed by atoms with Crippen molar-refractivity contribution in [1.29, 1.82) is 0 Å². The number of carbonyl (C=O) groups excluding carboxylic acids is 2. The van der Waals surface area contributed by atoms with Crippen LogP contribution < -0.4 is 10.6 Å². The van der Waals surface area contributed by atoms with Gasteiger partial charge in [0.15, 0.2) is 0 Å². The van der Waals surface area contributed by atoms with Crippen molar-refractivity contribution in [1.82, 2.24) is 10.6 Å². The predicted molar refractivity (Wildman–Crippen MR) is 87.5 cm³/mol. The summed E-state index contributed by atoms with van der Waals surface area (Å²) < 4.78 is 0. The molecule has 1 aliphatic rings. The Morgan fingerprint density at radius 3 is 2.41 bits per heavy atom. The molecule has 1 aromatic carbocycles. The molecule has 0 bridgehead atoms. The number of carbonyl (C=O) groups is 2. The zero-order valence-corrected chi connectivity index (χ0v) is 13.5. The molecule has 0 heterocycles. The summed E-state index contributed by atoms with van der Waals surface area (Å²) in [5, 5.41) is 6.00. The molecule has 1 aromatic rings. The fourth-order valence-corrected chi connectivity index (χ4v) is 2.88. The molecule has 0 aliphatic heterocycles. The molecular formula is C18H26N2O2. The first-order valence-electron chi connectivity index (χ1n) is 8.28. The van der Waals surface area contributed by atoms with E-state index in [0.717, 1.165) is 19.3 Å². The van der Waals surface area contributed by atoms with Crippen LogP contribution in [-0.4, -0.2) is 23.9 Å². The van der Waals surface area contributed by atoms with Crippen molar-refractivity contribution in [3.05, 3.63) is 35.9 Å². The molecule has 4 heteroatoms. The van der Waals surface area contributed by atoms with E-state index in [9.17, 15) is 9.59 Å². The monoisotopic (exact) mass is 302 g/mol. The normalized spacial score (nSPS) is 17.7. The van der Waals surface area contributed by atoms with Gasteiger partial charge in [-0.3, -0.25) is 9.59 Å². The second-order valence-corrected chi connectivity index (χ2v) is 6.19. The van der Waals surface area contributed by atoms with Crippen LogP contribution in [0.25, 0.3) is 0 Å². The Kier molecular flexibility index (Phi) is 5.99. The molecule has 1 saturated carbocycles. The molecule has 120 valence electrons. The second kappa shape index (κ2) is 7.97. The van der Waals surface area contributed by atoms with Crippen molar-refractivity contribution in [2.24, 2.45) is 5.92 Å². The van der Waals surface area contributed by atoms with Crippen molar-refractivity contribution in [2.75, 3.05) is 0 Å². The van der Waals surface area contributed by atoms with Gasteiger partial charge >= 0.3 is 0 Å². The van der Waals surface area contributed by atoms with Crippen molar-refractivity contribution < 1.29 is 9.59 Å². The Balaban J connectivity index is 2.02. The highest BCUT2D eigenvalue weighted by molar-refractivity contribution is 5.97. The van der Waals surface area contributed by atoms with E-state index in [2.05, 4.69) is 10.6 Å². The van der Waals surface area contributed by atoms with Gasteiger partial charge in [-0.25, -0.2) is 0 Å². The van der Waals surface area contributed by atoms with E-state index in [0.29, 0.717) is 5.56 Å². The SMILES string of the molecule is CC[C@H](C)[C@H](NC(=O)c1ccccc1)C(=O)NC1CCCC1. The molecule has 0 aromatic heterocycles. The van der Waals surface area contributed by atoms with Crippen LogP contribution in [0.2, 0.25) is 0 Å². The molecule has 2 rings (SSSR count). The number of rotatable bonds is 6. The van der Waals surface area contributed by atoms with Gasteiger partial charge in [0.05, 0.1) is 0 Å². The van der Waals surface area contributed by atoms with Crippen molar-refractivity contribution in [3.63, 3.8) is 0 Å². The van der Waals surface area contributed by atoms with E-state index in [4.69, 9.17) is 0 Å². The summed E-state index contributed by atoms with van der Waals surface area (Å²) in [6.07, 6.45) is 5.29. The van der Waals surface area contributed by atoms with E-state index in [1.807, 2.05) is 32.0 Å². The minimum atomic E-state index is -0.474. The maximum Gasteiger partial charge on any atom is 0.251 e. The minimum absolute atomic E-state index is 0.0504. The number of nitrogens with one attached hydrogen (secondary N) is 2. The summed E-state index contributed by atoms with van der Waals surface area (Å²) in [6, 6.07) is 8.84. The van der Waals surface area contributed by atoms with E-state index in [1.54, 1.807) is 12.1 Å². The molecule has 0 spiro atoms. The van der Waals surface area contributed by atoms with Gasteiger partial charge in [-0.15, -0.1) is 0 Å². The van der Waals surface area contributed by atoms with Crippen LogP contribution in [0.5, 0.6) is 0 Å². The molecule has 0 saturated heterocycles. The molecule has 4 nitrogen and oxygen atoms in total. The van der Waals surface area contributed by atoms with E-state index in [1.165, 1.54) is 12.8 Å². The third-order valence-electron chi connectivity index (χ3n) is 4.52. The van der Waals surface area contributed by atoms with E-state index < -0.39 is 6.04 Å². The lowest BCUT2D eigenvalue weighted by Gasteiger charge is -2.25. The molecule has 0 unspecified atom stereocenters. The Labute approximate surface area is 132 Å². The fraction of sp³-hybridized carbons (Fsp3) is 0.556. The van der Waals surface area contributed by atoms with Gasteiger partial charge in [0.1, 0.15) is 6.04 Å². The highest BCUT2D eigenvalue weighted by Gasteiger charge is 2.28. The van der Waals surface area contributed by atoms with Crippen LogP contribution >= 0.6 is 0 Å². The van der Waals surface area contributed by atoms with Crippen LogP contribution in [0.15, 0.2) is 30.3 Å². The van der Waals surface area contributed by atoms with Crippen LogP contribution in [0.4, 0.5) is 0 Å². The molecule has 1 aliphatic carbocycles. The molecule has 2 amide bonds. The molecule has 0 radical (unpaired) electrons. The van der Waals surface area contributed by atoms with Gasteiger partial charge in [0.25, 0.3) is 5.91 Å². The summed E-state index contributed by atoms with van der Waals surface area (Å²) >= 11 is 0. The number of hydrogen-bond acceptors (Lipinski definition) is 2. The minimum Gasteiger partial charge on any atom is -0.352 e. The quantitative estimate of drug-likeness (QED) is 0.849. The molecular weight excluding hydrogens is 276 g/mol. The average Bonchev–Trinajstić information content (AvgIpc) is 3.05. The summed E-state index contributed by atoms with van der Waals surface area (Å²) in [4.78, 5) is 24.9. The first-order valence-corrected chi connectivity index (χ1v) is 8.28. The standard InChI is InChI=1S/C18H26N2O2/c1-3-13(2)16(18(22)19-15-11-7-8-12-15)20-17(21)14-9-5-4-6-10-14/h4-6,9-10,13,15-16H,3,7-8,11-12H2,1-2H3,(H,19,22)(H,20,21)/t13-,16-/m0/s1. The highest BCUT2D eigenvalue weighted by Crippen LogP contribution is 2.18. The van der Waals surface area contributed by atoms with Crippen molar-refractivity contribution >= 4 is 11.8 Å². The Bertz CT molecular complexity index is 495. The highest BCUT2D eigenvalue weighted by atomic mass is 16.2. The third kappa shape index (κ3) is 4.33.